The number of nitrogens with zero attached hydrogens (tertiary/aromatic N) is 2. The van der Waals surface area contributed by atoms with E-state index in [1.807, 2.05) is 0 Å². The molecule has 0 bridgehead atoms. The number of piperidine rings is 1. The van der Waals surface area contributed by atoms with E-state index in [1.165, 1.54) is 0 Å². The molecule has 5 heteroatoms. The molecule has 1 saturated heterocycles. The number of oxime groups is 1. The summed E-state index contributed by atoms with van der Waals surface area (Å²) in [6.45, 7) is 2.72. The first-order valence-electron chi connectivity index (χ1n) is 4.69. The van der Waals surface area contributed by atoms with E-state index in [0.717, 1.165) is 25.1 Å². The first kappa shape index (κ1) is 11.0. The predicted molar refractivity (Wildman–Crippen MR) is 52.3 cm³/mol. The van der Waals surface area contributed by atoms with Crippen LogP contribution in [0, 0.1) is 0 Å². The van der Waals surface area contributed by atoms with Crippen molar-refractivity contribution < 1.29 is 14.7 Å². The van der Waals surface area contributed by atoms with Gasteiger partial charge in [-0.3, -0.25) is 0 Å². The van der Waals surface area contributed by atoms with Crippen LogP contribution in [0.4, 0.5) is 0 Å². The van der Waals surface area contributed by atoms with Gasteiger partial charge in [-0.1, -0.05) is 5.16 Å². The summed E-state index contributed by atoms with van der Waals surface area (Å²) in [6, 6.07) is 0.455. The average Bonchev–Trinajstić information content (AvgIpc) is 2.10. The molecule has 1 N–H and O–H groups in total. The first-order chi connectivity index (χ1) is 6.59. The van der Waals surface area contributed by atoms with Crippen molar-refractivity contribution in [3.05, 3.63) is 0 Å². The zero-order valence-electron chi connectivity index (χ0n) is 8.56. The Morgan fingerprint density at radius 2 is 2.50 bits per heavy atom. The Bertz CT molecular complexity index is 240. The smallest absolute Gasteiger partial charge is 0.344 e. The quantitative estimate of drug-likeness (QED) is 0.676. The number of carbonyl (C=O) groups is 1. The van der Waals surface area contributed by atoms with Crippen LogP contribution in [0.1, 0.15) is 19.8 Å². The van der Waals surface area contributed by atoms with E-state index in [-0.39, 0.29) is 6.61 Å². The molecule has 0 spiro atoms. The van der Waals surface area contributed by atoms with Gasteiger partial charge in [0.2, 0.25) is 6.61 Å². The van der Waals surface area contributed by atoms with Crippen LogP contribution >= 0.6 is 0 Å². The minimum Gasteiger partial charge on any atom is -0.479 e. The molecule has 1 heterocycles. The van der Waals surface area contributed by atoms with Gasteiger partial charge in [-0.15, -0.1) is 0 Å². The SMILES string of the molecule is CC1C/C(=N/OCC(=O)O)CCN1C. The molecule has 0 aliphatic carbocycles. The van der Waals surface area contributed by atoms with Crippen molar-refractivity contribution in [3.63, 3.8) is 0 Å². The van der Waals surface area contributed by atoms with Gasteiger partial charge in [0, 0.05) is 25.4 Å². The molecule has 0 aromatic heterocycles. The van der Waals surface area contributed by atoms with Crippen LogP contribution in [0.5, 0.6) is 0 Å². The summed E-state index contributed by atoms with van der Waals surface area (Å²) < 4.78 is 0. The lowest BCUT2D eigenvalue weighted by molar-refractivity contribution is -0.142. The molecule has 1 aliphatic rings. The number of carboxylic acids is 1. The highest BCUT2D eigenvalue weighted by Gasteiger charge is 2.19. The minimum absolute atomic E-state index is 0.353. The minimum atomic E-state index is -0.990. The lowest BCUT2D eigenvalue weighted by Crippen LogP contribution is -2.38. The molecule has 0 radical (unpaired) electrons. The van der Waals surface area contributed by atoms with Gasteiger partial charge in [-0.25, -0.2) is 4.79 Å². The molecular weight excluding hydrogens is 184 g/mol. The van der Waals surface area contributed by atoms with E-state index in [0.29, 0.717) is 6.04 Å². The van der Waals surface area contributed by atoms with Crippen LogP contribution < -0.4 is 0 Å². The zero-order valence-corrected chi connectivity index (χ0v) is 8.56. The maximum atomic E-state index is 10.2. The lowest BCUT2D eigenvalue weighted by atomic mass is 10.0. The molecule has 1 unspecified atom stereocenters. The molecule has 0 aromatic carbocycles. The first-order valence-corrected chi connectivity index (χ1v) is 4.69. The van der Waals surface area contributed by atoms with Crippen molar-refractivity contribution >= 4 is 11.7 Å². The summed E-state index contributed by atoms with van der Waals surface area (Å²) in [4.78, 5) is 17.1. The molecule has 0 amide bonds. The van der Waals surface area contributed by atoms with E-state index in [1.54, 1.807) is 0 Å². The molecule has 0 saturated carbocycles. The molecule has 0 aromatic rings. The van der Waals surface area contributed by atoms with Crippen LogP contribution in [-0.2, 0) is 9.63 Å². The number of aliphatic carboxylic acids is 1. The number of rotatable bonds is 3. The van der Waals surface area contributed by atoms with Crippen molar-refractivity contribution in [2.45, 2.75) is 25.8 Å². The highest BCUT2D eigenvalue weighted by atomic mass is 16.6. The summed E-state index contributed by atoms with van der Waals surface area (Å²) in [6.07, 6.45) is 1.72. The molecule has 14 heavy (non-hydrogen) atoms. The van der Waals surface area contributed by atoms with E-state index in [9.17, 15) is 4.79 Å². The number of hydrogen-bond acceptors (Lipinski definition) is 4. The molecule has 1 rings (SSSR count). The maximum absolute atomic E-state index is 10.2. The third kappa shape index (κ3) is 3.33. The highest BCUT2D eigenvalue weighted by Crippen LogP contribution is 2.12. The number of carboxylic acid groups (broad SMARTS) is 1. The van der Waals surface area contributed by atoms with E-state index in [4.69, 9.17) is 5.11 Å². The van der Waals surface area contributed by atoms with Gasteiger partial charge in [0.15, 0.2) is 0 Å². The number of hydrogen-bond donors (Lipinski definition) is 1. The van der Waals surface area contributed by atoms with Gasteiger partial charge in [0.25, 0.3) is 0 Å². The van der Waals surface area contributed by atoms with Gasteiger partial charge >= 0.3 is 5.97 Å². The second-order valence-electron chi connectivity index (χ2n) is 3.61. The van der Waals surface area contributed by atoms with Gasteiger partial charge in [0.1, 0.15) is 0 Å². The molecular formula is C9H16N2O3. The second-order valence-corrected chi connectivity index (χ2v) is 3.61. The third-order valence-corrected chi connectivity index (χ3v) is 2.42. The Labute approximate surface area is 83.3 Å². The van der Waals surface area contributed by atoms with Gasteiger partial charge in [0.05, 0.1) is 5.71 Å². The summed E-state index contributed by atoms with van der Waals surface area (Å²) in [5, 5.41) is 12.2. The van der Waals surface area contributed by atoms with Gasteiger partial charge in [-0.2, -0.15) is 0 Å². The fourth-order valence-corrected chi connectivity index (χ4v) is 1.39. The fourth-order valence-electron chi connectivity index (χ4n) is 1.39. The predicted octanol–water partition coefficient (Wildman–Crippen LogP) is 0.558. The van der Waals surface area contributed by atoms with Gasteiger partial charge < -0.3 is 14.8 Å². The standard InChI is InChI=1S/C9H16N2O3/c1-7-5-8(3-4-11(7)2)10-14-6-9(12)13/h7H,3-6H2,1-2H3,(H,12,13)/b10-8+. The Morgan fingerprint density at radius 1 is 1.79 bits per heavy atom. The molecule has 1 aliphatic heterocycles. The Balaban J connectivity index is 2.34. The zero-order chi connectivity index (χ0) is 10.6. The summed E-state index contributed by atoms with van der Waals surface area (Å²) in [7, 11) is 2.07. The number of likely N-dealkylation sites (tertiary alicyclic amines) is 1. The Morgan fingerprint density at radius 3 is 3.07 bits per heavy atom. The third-order valence-electron chi connectivity index (χ3n) is 2.42. The summed E-state index contributed by atoms with van der Waals surface area (Å²) in [5.74, 6) is -0.990. The van der Waals surface area contributed by atoms with Crippen LogP contribution in [0.25, 0.3) is 0 Å². The summed E-state index contributed by atoms with van der Waals surface area (Å²) in [5.41, 5.74) is 0.955. The summed E-state index contributed by atoms with van der Waals surface area (Å²) >= 11 is 0. The molecule has 1 atom stereocenters. The van der Waals surface area contributed by atoms with Crippen LogP contribution in [0.3, 0.4) is 0 Å². The highest BCUT2D eigenvalue weighted by molar-refractivity contribution is 5.85. The molecule has 5 nitrogen and oxygen atoms in total. The molecule has 80 valence electrons. The maximum Gasteiger partial charge on any atom is 0.344 e. The normalized spacial score (nSPS) is 26.4. The topological polar surface area (TPSA) is 62.1 Å². The van der Waals surface area contributed by atoms with Gasteiger partial charge in [-0.05, 0) is 14.0 Å². The van der Waals surface area contributed by atoms with E-state index in [2.05, 4.69) is 28.9 Å². The Hall–Kier alpha value is -1.10. The van der Waals surface area contributed by atoms with E-state index >= 15 is 0 Å². The fraction of sp³-hybridized carbons (Fsp3) is 0.778. The average molecular weight is 200 g/mol. The largest absolute Gasteiger partial charge is 0.479 e. The van der Waals surface area contributed by atoms with Crippen molar-refractivity contribution in [1.82, 2.24) is 4.90 Å². The van der Waals surface area contributed by atoms with Crippen molar-refractivity contribution in [2.24, 2.45) is 5.16 Å². The van der Waals surface area contributed by atoms with Crippen LogP contribution in [-0.4, -0.2) is 47.9 Å². The Kier molecular flexibility index (Phi) is 3.88. The molecule has 1 fully saturated rings. The van der Waals surface area contributed by atoms with Crippen molar-refractivity contribution in [2.75, 3.05) is 20.2 Å². The van der Waals surface area contributed by atoms with Crippen molar-refractivity contribution in [1.29, 1.82) is 0 Å². The van der Waals surface area contributed by atoms with E-state index < -0.39 is 5.97 Å². The van der Waals surface area contributed by atoms with Crippen LogP contribution in [0.15, 0.2) is 5.16 Å². The lowest BCUT2D eigenvalue weighted by Gasteiger charge is -2.29. The second kappa shape index (κ2) is 4.95. The van der Waals surface area contributed by atoms with Crippen molar-refractivity contribution in [3.8, 4) is 0 Å². The van der Waals surface area contributed by atoms with Crippen LogP contribution in [0.2, 0.25) is 0 Å². The monoisotopic (exact) mass is 200 g/mol.